The second kappa shape index (κ2) is 7.09. The Morgan fingerprint density at radius 3 is 2.50 bits per heavy atom. The maximum atomic E-state index is 6.24. The van der Waals surface area contributed by atoms with Crippen molar-refractivity contribution in [3.05, 3.63) is 11.6 Å². The van der Waals surface area contributed by atoms with Crippen molar-refractivity contribution >= 4 is 0 Å². The van der Waals surface area contributed by atoms with Gasteiger partial charge in [-0.05, 0) is 59.3 Å². The monoisotopic (exact) mass is 282 g/mol. The summed E-state index contributed by atoms with van der Waals surface area (Å²) < 4.78 is 12.1. The van der Waals surface area contributed by atoms with Crippen LogP contribution in [0.5, 0.6) is 0 Å². The van der Waals surface area contributed by atoms with Crippen LogP contribution < -0.4 is 0 Å². The van der Waals surface area contributed by atoms with Gasteiger partial charge in [0.2, 0.25) is 0 Å². The molecule has 0 saturated carbocycles. The molecule has 3 atom stereocenters. The van der Waals surface area contributed by atoms with Crippen LogP contribution in [0.2, 0.25) is 0 Å². The van der Waals surface area contributed by atoms with Gasteiger partial charge >= 0.3 is 0 Å². The van der Waals surface area contributed by atoms with Crippen LogP contribution in [0.3, 0.4) is 0 Å². The van der Waals surface area contributed by atoms with Crippen LogP contribution in [0, 0.1) is 11.3 Å². The lowest BCUT2D eigenvalue weighted by molar-refractivity contribution is -0.318. The normalized spacial score (nSPS) is 30.9. The van der Waals surface area contributed by atoms with E-state index >= 15 is 0 Å². The number of rotatable bonds is 6. The Kier molecular flexibility index (Phi) is 6.27. The van der Waals surface area contributed by atoms with Gasteiger partial charge in [-0.15, -0.1) is 0 Å². The fourth-order valence-electron chi connectivity index (χ4n) is 2.75. The van der Waals surface area contributed by atoms with E-state index < -0.39 is 5.79 Å². The molecule has 1 heterocycles. The topological polar surface area (TPSA) is 18.5 Å². The van der Waals surface area contributed by atoms with Gasteiger partial charge in [0.1, 0.15) is 0 Å². The standard InChI is InChI=1S/C18H34O2/c1-8-18(7)13-19-17(5,6)20-16(18)12-15(4)11-9-10-14(2)3/h10,15-16H,8-9,11-13H2,1-7H3/t15-,16-,18+/m1/s1. The molecule has 0 spiro atoms. The summed E-state index contributed by atoms with van der Waals surface area (Å²) in [5, 5.41) is 0. The molecule has 0 aliphatic carbocycles. The van der Waals surface area contributed by atoms with Crippen molar-refractivity contribution in [2.75, 3.05) is 6.61 Å². The van der Waals surface area contributed by atoms with E-state index in [-0.39, 0.29) is 5.41 Å². The molecule has 2 heteroatoms. The quantitative estimate of drug-likeness (QED) is 0.613. The fourth-order valence-corrected chi connectivity index (χ4v) is 2.75. The molecular formula is C18H34O2. The average Bonchev–Trinajstić information content (AvgIpc) is 2.33. The molecular weight excluding hydrogens is 248 g/mol. The van der Waals surface area contributed by atoms with Crippen molar-refractivity contribution in [1.82, 2.24) is 0 Å². The Balaban J connectivity index is 2.58. The van der Waals surface area contributed by atoms with Gasteiger partial charge in [0.05, 0.1) is 12.7 Å². The van der Waals surface area contributed by atoms with E-state index in [2.05, 4.69) is 40.7 Å². The molecule has 0 N–H and O–H groups in total. The van der Waals surface area contributed by atoms with Crippen molar-refractivity contribution in [2.24, 2.45) is 11.3 Å². The zero-order chi connectivity index (χ0) is 15.4. The van der Waals surface area contributed by atoms with E-state index in [9.17, 15) is 0 Å². The van der Waals surface area contributed by atoms with Crippen LogP contribution in [0.4, 0.5) is 0 Å². The Morgan fingerprint density at radius 2 is 1.95 bits per heavy atom. The highest BCUT2D eigenvalue weighted by Gasteiger charge is 2.43. The molecule has 1 fully saturated rings. The van der Waals surface area contributed by atoms with Gasteiger partial charge in [-0.3, -0.25) is 0 Å². The van der Waals surface area contributed by atoms with Crippen LogP contribution in [-0.4, -0.2) is 18.5 Å². The first-order chi connectivity index (χ1) is 9.18. The van der Waals surface area contributed by atoms with Gasteiger partial charge in [0.15, 0.2) is 5.79 Å². The average molecular weight is 282 g/mol. The number of ether oxygens (including phenoxy) is 2. The third-order valence-electron chi connectivity index (χ3n) is 4.59. The number of hydrogen-bond acceptors (Lipinski definition) is 2. The van der Waals surface area contributed by atoms with Gasteiger partial charge < -0.3 is 9.47 Å². The van der Waals surface area contributed by atoms with Crippen LogP contribution >= 0.6 is 0 Å². The van der Waals surface area contributed by atoms with E-state index in [4.69, 9.17) is 9.47 Å². The Labute approximate surface area is 125 Å². The summed E-state index contributed by atoms with van der Waals surface area (Å²) in [4.78, 5) is 0. The summed E-state index contributed by atoms with van der Waals surface area (Å²) in [7, 11) is 0. The SMILES string of the molecule is CC[C@@]1(C)COC(C)(C)O[C@@H]1C[C@H](C)CCC=C(C)C. The smallest absolute Gasteiger partial charge is 0.163 e. The third-order valence-corrected chi connectivity index (χ3v) is 4.59. The molecule has 0 bridgehead atoms. The molecule has 0 aromatic rings. The highest BCUT2D eigenvalue weighted by Crippen LogP contribution is 2.40. The number of allylic oxidation sites excluding steroid dienone is 2. The van der Waals surface area contributed by atoms with Crippen LogP contribution in [-0.2, 0) is 9.47 Å². The molecule has 1 saturated heterocycles. The Bertz CT molecular complexity index is 328. The maximum Gasteiger partial charge on any atom is 0.163 e. The molecule has 0 aromatic heterocycles. The lowest BCUT2D eigenvalue weighted by Crippen LogP contribution is -2.51. The van der Waals surface area contributed by atoms with Crippen molar-refractivity contribution in [2.45, 2.75) is 86.0 Å². The largest absolute Gasteiger partial charge is 0.350 e. The molecule has 1 aliphatic heterocycles. The van der Waals surface area contributed by atoms with E-state index in [0.717, 1.165) is 19.4 Å². The summed E-state index contributed by atoms with van der Waals surface area (Å²) in [5.41, 5.74) is 1.57. The van der Waals surface area contributed by atoms with Crippen molar-refractivity contribution < 1.29 is 9.47 Å². The second-order valence-corrected chi connectivity index (χ2v) is 7.50. The molecule has 2 nitrogen and oxygen atoms in total. The minimum absolute atomic E-state index is 0.153. The van der Waals surface area contributed by atoms with E-state index in [1.807, 2.05) is 13.8 Å². The zero-order valence-electron chi connectivity index (χ0n) is 14.6. The molecule has 20 heavy (non-hydrogen) atoms. The van der Waals surface area contributed by atoms with Gasteiger partial charge in [0.25, 0.3) is 0 Å². The van der Waals surface area contributed by atoms with Crippen LogP contribution in [0.25, 0.3) is 0 Å². The molecule has 0 unspecified atom stereocenters. The minimum Gasteiger partial charge on any atom is -0.350 e. The molecule has 0 amide bonds. The van der Waals surface area contributed by atoms with Gasteiger partial charge in [-0.2, -0.15) is 0 Å². The van der Waals surface area contributed by atoms with E-state index in [1.165, 1.54) is 18.4 Å². The summed E-state index contributed by atoms with van der Waals surface area (Å²) in [6.07, 6.45) is 7.30. The van der Waals surface area contributed by atoms with Crippen LogP contribution in [0.1, 0.15) is 74.1 Å². The predicted octanol–water partition coefficient (Wildman–Crippen LogP) is 5.33. The molecule has 1 aliphatic rings. The molecule has 118 valence electrons. The summed E-state index contributed by atoms with van der Waals surface area (Å²) in [6.45, 7) is 16.1. The predicted molar refractivity (Wildman–Crippen MR) is 85.7 cm³/mol. The molecule has 1 rings (SSSR count). The first-order valence-electron chi connectivity index (χ1n) is 8.13. The summed E-state index contributed by atoms with van der Waals surface area (Å²) in [5.74, 6) is 0.259. The maximum absolute atomic E-state index is 6.24. The molecule has 0 radical (unpaired) electrons. The first kappa shape index (κ1) is 17.7. The summed E-state index contributed by atoms with van der Waals surface area (Å²) >= 11 is 0. The first-order valence-corrected chi connectivity index (χ1v) is 8.13. The lowest BCUT2D eigenvalue weighted by atomic mass is 9.77. The minimum atomic E-state index is -0.432. The highest BCUT2D eigenvalue weighted by molar-refractivity contribution is 4.93. The van der Waals surface area contributed by atoms with E-state index in [1.54, 1.807) is 0 Å². The van der Waals surface area contributed by atoms with Gasteiger partial charge in [-0.25, -0.2) is 0 Å². The number of hydrogen-bond donors (Lipinski definition) is 0. The Hall–Kier alpha value is -0.340. The van der Waals surface area contributed by atoms with Gasteiger partial charge in [-0.1, -0.05) is 32.4 Å². The zero-order valence-corrected chi connectivity index (χ0v) is 14.6. The second-order valence-electron chi connectivity index (χ2n) is 7.50. The lowest BCUT2D eigenvalue weighted by Gasteiger charge is -2.48. The summed E-state index contributed by atoms with van der Waals surface area (Å²) in [6, 6.07) is 0. The van der Waals surface area contributed by atoms with Gasteiger partial charge in [0, 0.05) is 5.41 Å². The fraction of sp³-hybridized carbons (Fsp3) is 0.889. The van der Waals surface area contributed by atoms with Crippen LogP contribution in [0.15, 0.2) is 11.6 Å². The third kappa shape index (κ3) is 5.21. The van der Waals surface area contributed by atoms with Crippen molar-refractivity contribution in [1.29, 1.82) is 0 Å². The highest BCUT2D eigenvalue weighted by atomic mass is 16.7. The Morgan fingerprint density at radius 1 is 1.30 bits per heavy atom. The van der Waals surface area contributed by atoms with Crippen molar-refractivity contribution in [3.8, 4) is 0 Å². The molecule has 0 aromatic carbocycles. The van der Waals surface area contributed by atoms with Crippen molar-refractivity contribution in [3.63, 3.8) is 0 Å². The van der Waals surface area contributed by atoms with E-state index in [0.29, 0.717) is 12.0 Å².